The lowest BCUT2D eigenvalue weighted by Gasteiger charge is -2.44. The maximum absolute atomic E-state index is 5.55. The van der Waals surface area contributed by atoms with E-state index in [4.69, 9.17) is 4.74 Å². The van der Waals surface area contributed by atoms with E-state index in [0.29, 0.717) is 6.04 Å². The van der Waals surface area contributed by atoms with Crippen molar-refractivity contribution in [1.29, 1.82) is 0 Å². The van der Waals surface area contributed by atoms with Crippen LogP contribution in [0.1, 0.15) is 24.0 Å². The molecule has 0 aromatic heterocycles. The molecular formula is C17H23NO. The van der Waals surface area contributed by atoms with Crippen LogP contribution in [0.4, 0.5) is 0 Å². The van der Waals surface area contributed by atoms with E-state index < -0.39 is 0 Å². The highest BCUT2D eigenvalue weighted by molar-refractivity contribution is 5.43. The van der Waals surface area contributed by atoms with E-state index >= 15 is 0 Å². The molecule has 2 heteroatoms. The van der Waals surface area contributed by atoms with Gasteiger partial charge in [0.1, 0.15) is 5.75 Å². The molecule has 1 aliphatic heterocycles. The monoisotopic (exact) mass is 257 g/mol. The highest BCUT2D eigenvalue weighted by atomic mass is 16.5. The normalized spacial score (nSPS) is 26.4. The summed E-state index contributed by atoms with van der Waals surface area (Å²) in [5, 5.41) is 0. The molecule has 3 rings (SSSR count). The summed E-state index contributed by atoms with van der Waals surface area (Å²) >= 11 is 0. The van der Waals surface area contributed by atoms with Gasteiger partial charge in [0.25, 0.3) is 0 Å². The van der Waals surface area contributed by atoms with Crippen molar-refractivity contribution in [2.45, 2.75) is 31.7 Å². The Morgan fingerprint density at radius 2 is 2.32 bits per heavy atom. The number of benzene rings is 1. The molecule has 1 saturated heterocycles. The average Bonchev–Trinajstić information content (AvgIpc) is 2.45. The summed E-state index contributed by atoms with van der Waals surface area (Å²) in [7, 11) is 1.78. The minimum absolute atomic E-state index is 0.676. The molecule has 2 aliphatic rings. The molecule has 0 saturated carbocycles. The van der Waals surface area contributed by atoms with E-state index in [-0.39, 0.29) is 0 Å². The van der Waals surface area contributed by atoms with Crippen LogP contribution in [-0.2, 0) is 12.8 Å². The molecule has 1 heterocycles. The minimum atomic E-state index is 0.676. The van der Waals surface area contributed by atoms with Crippen LogP contribution in [0, 0.1) is 5.92 Å². The van der Waals surface area contributed by atoms with Gasteiger partial charge >= 0.3 is 0 Å². The largest absolute Gasteiger partial charge is 0.496 e. The zero-order chi connectivity index (χ0) is 13.2. The van der Waals surface area contributed by atoms with Crippen LogP contribution in [0.5, 0.6) is 5.75 Å². The number of piperidine rings is 1. The fourth-order valence-corrected chi connectivity index (χ4v) is 3.86. The van der Waals surface area contributed by atoms with Crippen molar-refractivity contribution in [2.24, 2.45) is 5.92 Å². The van der Waals surface area contributed by atoms with E-state index in [1.165, 1.54) is 36.9 Å². The van der Waals surface area contributed by atoms with Crippen LogP contribution >= 0.6 is 0 Å². The van der Waals surface area contributed by atoms with Crippen LogP contribution < -0.4 is 4.74 Å². The fraction of sp³-hybridized carbons (Fsp3) is 0.529. The lowest BCUT2D eigenvalue weighted by atomic mass is 9.75. The SMILES string of the molecule is C=CCN1CCC[C@@H]2Cc3cccc(OC)c3C[C@@H]21. The predicted molar refractivity (Wildman–Crippen MR) is 78.7 cm³/mol. The van der Waals surface area contributed by atoms with Gasteiger partial charge in [-0.3, -0.25) is 4.90 Å². The first-order valence-electron chi connectivity index (χ1n) is 7.33. The molecule has 1 aromatic rings. The van der Waals surface area contributed by atoms with Crippen LogP contribution in [0.15, 0.2) is 30.9 Å². The third kappa shape index (κ3) is 2.30. The zero-order valence-electron chi connectivity index (χ0n) is 11.8. The van der Waals surface area contributed by atoms with Gasteiger partial charge in [0, 0.05) is 12.6 Å². The van der Waals surface area contributed by atoms with Crippen molar-refractivity contribution in [3.05, 3.63) is 42.0 Å². The van der Waals surface area contributed by atoms with Crippen molar-refractivity contribution >= 4 is 0 Å². The van der Waals surface area contributed by atoms with Crippen molar-refractivity contribution < 1.29 is 4.74 Å². The summed E-state index contributed by atoms with van der Waals surface area (Å²) in [4.78, 5) is 2.61. The molecule has 0 amide bonds. The van der Waals surface area contributed by atoms with E-state index in [2.05, 4.69) is 29.7 Å². The molecule has 1 aromatic carbocycles. The third-order valence-electron chi connectivity index (χ3n) is 4.74. The maximum atomic E-state index is 5.55. The summed E-state index contributed by atoms with van der Waals surface area (Å²) in [6.45, 7) is 6.14. The molecule has 1 fully saturated rings. The Labute approximate surface area is 116 Å². The first kappa shape index (κ1) is 12.7. The maximum Gasteiger partial charge on any atom is 0.122 e. The van der Waals surface area contributed by atoms with Crippen LogP contribution in [0.25, 0.3) is 0 Å². The summed E-state index contributed by atoms with van der Waals surface area (Å²) in [5.41, 5.74) is 2.93. The lowest BCUT2D eigenvalue weighted by molar-refractivity contribution is 0.0965. The number of hydrogen-bond acceptors (Lipinski definition) is 2. The second-order valence-corrected chi connectivity index (χ2v) is 5.76. The highest BCUT2D eigenvalue weighted by Crippen LogP contribution is 2.38. The molecule has 0 unspecified atom stereocenters. The van der Waals surface area contributed by atoms with Gasteiger partial charge in [0.2, 0.25) is 0 Å². The first-order chi connectivity index (χ1) is 9.33. The van der Waals surface area contributed by atoms with Gasteiger partial charge in [0.05, 0.1) is 7.11 Å². The van der Waals surface area contributed by atoms with Crippen molar-refractivity contribution in [3.8, 4) is 5.75 Å². The Morgan fingerprint density at radius 1 is 1.42 bits per heavy atom. The second-order valence-electron chi connectivity index (χ2n) is 5.76. The van der Waals surface area contributed by atoms with Crippen LogP contribution in [-0.4, -0.2) is 31.1 Å². The number of likely N-dealkylation sites (tertiary alicyclic amines) is 1. The minimum Gasteiger partial charge on any atom is -0.496 e. The number of fused-ring (bicyclic) bond motifs is 2. The Kier molecular flexibility index (Phi) is 3.61. The molecule has 0 spiro atoms. The van der Waals surface area contributed by atoms with Gasteiger partial charge in [0.15, 0.2) is 0 Å². The summed E-state index contributed by atoms with van der Waals surface area (Å²) in [5.74, 6) is 1.88. The van der Waals surface area contributed by atoms with E-state index in [9.17, 15) is 0 Å². The van der Waals surface area contributed by atoms with Crippen molar-refractivity contribution in [3.63, 3.8) is 0 Å². The van der Waals surface area contributed by atoms with E-state index in [1.807, 2.05) is 6.08 Å². The number of methoxy groups -OCH3 is 1. The van der Waals surface area contributed by atoms with Crippen LogP contribution in [0.3, 0.4) is 0 Å². The second kappa shape index (κ2) is 5.38. The molecule has 2 atom stereocenters. The summed E-state index contributed by atoms with van der Waals surface area (Å²) in [6.07, 6.45) is 7.09. The standard InChI is InChI=1S/C17H23NO/c1-3-9-18-10-5-7-14-11-13-6-4-8-17(19-2)15(13)12-16(14)18/h3-4,6,8,14,16H,1,5,7,9-12H2,2H3/t14-,16+/m1/s1. The van der Waals surface area contributed by atoms with Crippen molar-refractivity contribution in [1.82, 2.24) is 4.90 Å². The topological polar surface area (TPSA) is 12.5 Å². The lowest BCUT2D eigenvalue weighted by Crippen LogP contribution is -2.49. The predicted octanol–water partition coefficient (Wildman–Crippen LogP) is 3.06. The molecular weight excluding hydrogens is 234 g/mol. The van der Waals surface area contributed by atoms with Gasteiger partial charge in [-0.15, -0.1) is 6.58 Å². The number of nitrogens with zero attached hydrogens (tertiary/aromatic N) is 1. The molecule has 0 bridgehead atoms. The molecule has 0 N–H and O–H groups in total. The van der Waals surface area contributed by atoms with E-state index in [0.717, 1.165) is 24.6 Å². The number of rotatable bonds is 3. The van der Waals surface area contributed by atoms with Crippen molar-refractivity contribution in [2.75, 3.05) is 20.2 Å². The first-order valence-corrected chi connectivity index (χ1v) is 7.33. The van der Waals surface area contributed by atoms with Gasteiger partial charge in [-0.25, -0.2) is 0 Å². The third-order valence-corrected chi connectivity index (χ3v) is 4.74. The molecule has 2 nitrogen and oxygen atoms in total. The Balaban J connectivity index is 1.91. The Bertz CT molecular complexity index is 468. The van der Waals surface area contributed by atoms with Gasteiger partial charge < -0.3 is 4.74 Å². The fourth-order valence-electron chi connectivity index (χ4n) is 3.86. The highest BCUT2D eigenvalue weighted by Gasteiger charge is 2.35. The Hall–Kier alpha value is -1.28. The Morgan fingerprint density at radius 3 is 3.11 bits per heavy atom. The molecule has 102 valence electrons. The number of hydrogen-bond donors (Lipinski definition) is 0. The molecule has 19 heavy (non-hydrogen) atoms. The van der Waals surface area contributed by atoms with Gasteiger partial charge in [-0.2, -0.15) is 0 Å². The summed E-state index contributed by atoms with van der Waals surface area (Å²) in [6, 6.07) is 7.18. The smallest absolute Gasteiger partial charge is 0.122 e. The number of ether oxygens (including phenoxy) is 1. The quantitative estimate of drug-likeness (QED) is 0.772. The molecule has 0 radical (unpaired) electrons. The van der Waals surface area contributed by atoms with Gasteiger partial charge in [-0.1, -0.05) is 18.2 Å². The average molecular weight is 257 g/mol. The molecule has 1 aliphatic carbocycles. The zero-order valence-corrected chi connectivity index (χ0v) is 11.8. The summed E-state index contributed by atoms with van der Waals surface area (Å²) < 4.78 is 5.55. The van der Waals surface area contributed by atoms with E-state index in [1.54, 1.807) is 7.11 Å². The van der Waals surface area contributed by atoms with Crippen LogP contribution in [0.2, 0.25) is 0 Å². The van der Waals surface area contributed by atoms with Gasteiger partial charge in [-0.05, 0) is 55.3 Å².